The number of ketones is 1. The van der Waals surface area contributed by atoms with Crippen LogP contribution in [-0.4, -0.2) is 5.78 Å². The van der Waals surface area contributed by atoms with E-state index >= 15 is 0 Å². The fourth-order valence-corrected chi connectivity index (χ4v) is 3.42. The van der Waals surface area contributed by atoms with Crippen molar-refractivity contribution < 1.29 is 4.79 Å². The van der Waals surface area contributed by atoms with Crippen molar-refractivity contribution in [2.75, 3.05) is 0 Å². The molecule has 3 aromatic rings. The van der Waals surface area contributed by atoms with Gasteiger partial charge in [0.05, 0.1) is 0 Å². The third kappa shape index (κ3) is 2.06. The Bertz CT molecular complexity index is 827. The molecule has 0 heterocycles. The van der Waals surface area contributed by atoms with Crippen LogP contribution in [0, 0.1) is 5.92 Å². The van der Waals surface area contributed by atoms with Gasteiger partial charge in [-0.1, -0.05) is 66.7 Å². The first-order valence-corrected chi connectivity index (χ1v) is 7.42. The van der Waals surface area contributed by atoms with Crippen LogP contribution in [0.3, 0.4) is 0 Å². The predicted octanol–water partition coefficient (Wildman–Crippen LogP) is 4.44. The van der Waals surface area contributed by atoms with Crippen LogP contribution in [0.15, 0.2) is 66.7 Å². The molecule has 0 aromatic heterocycles. The summed E-state index contributed by atoms with van der Waals surface area (Å²) in [5.74, 6) is 0.395. The Labute approximate surface area is 124 Å². The van der Waals surface area contributed by atoms with Gasteiger partial charge < -0.3 is 0 Å². The molecule has 102 valence electrons. The first-order chi connectivity index (χ1) is 10.3. The van der Waals surface area contributed by atoms with Gasteiger partial charge in [-0.15, -0.1) is 0 Å². The molecule has 1 heteroatoms. The molecule has 1 unspecified atom stereocenters. The third-order valence-corrected chi connectivity index (χ3v) is 4.47. The first kappa shape index (κ1) is 12.3. The minimum Gasteiger partial charge on any atom is -0.294 e. The lowest BCUT2D eigenvalue weighted by molar-refractivity contribution is 0.0936. The van der Waals surface area contributed by atoms with Crippen molar-refractivity contribution in [3.63, 3.8) is 0 Å². The molecule has 3 aromatic carbocycles. The Kier molecular flexibility index (Phi) is 2.85. The minimum absolute atomic E-state index is 0.0909. The summed E-state index contributed by atoms with van der Waals surface area (Å²) in [4.78, 5) is 12.5. The van der Waals surface area contributed by atoms with E-state index in [1.165, 1.54) is 21.9 Å². The number of carbonyl (C=O) groups is 1. The Hall–Kier alpha value is -2.41. The molecule has 0 fully saturated rings. The first-order valence-electron chi connectivity index (χ1n) is 7.42. The van der Waals surface area contributed by atoms with Gasteiger partial charge in [0.1, 0.15) is 0 Å². The van der Waals surface area contributed by atoms with Gasteiger partial charge in [-0.3, -0.25) is 4.79 Å². The van der Waals surface area contributed by atoms with Crippen molar-refractivity contribution in [3.05, 3.63) is 83.4 Å². The molecule has 0 spiro atoms. The van der Waals surface area contributed by atoms with Gasteiger partial charge in [0.2, 0.25) is 0 Å². The standard InChI is InChI=1S/C20H16O/c21-20-17(13-16-7-2-4-11-19(16)20)12-15-9-5-8-14-6-1-3-10-18(14)15/h1-11,17H,12-13H2. The molecule has 0 saturated carbocycles. The topological polar surface area (TPSA) is 17.1 Å². The van der Waals surface area contributed by atoms with E-state index in [4.69, 9.17) is 0 Å². The van der Waals surface area contributed by atoms with Crippen molar-refractivity contribution in [1.82, 2.24) is 0 Å². The zero-order chi connectivity index (χ0) is 14.2. The van der Waals surface area contributed by atoms with Crippen LogP contribution in [-0.2, 0) is 12.8 Å². The summed E-state index contributed by atoms with van der Waals surface area (Å²) in [6.07, 6.45) is 1.70. The van der Waals surface area contributed by atoms with Gasteiger partial charge >= 0.3 is 0 Å². The van der Waals surface area contributed by atoms with Crippen molar-refractivity contribution in [1.29, 1.82) is 0 Å². The fraction of sp³-hybridized carbons (Fsp3) is 0.150. The predicted molar refractivity (Wildman–Crippen MR) is 85.6 cm³/mol. The number of Topliss-reactive ketones (excluding diaryl/α,β-unsaturated/α-hetero) is 1. The molecule has 0 amide bonds. The Morgan fingerprint density at radius 3 is 2.52 bits per heavy atom. The molecule has 0 bridgehead atoms. The summed E-state index contributed by atoms with van der Waals surface area (Å²) in [7, 11) is 0. The van der Waals surface area contributed by atoms with Crippen LogP contribution >= 0.6 is 0 Å². The highest BCUT2D eigenvalue weighted by Crippen LogP contribution is 2.30. The van der Waals surface area contributed by atoms with Crippen LogP contribution in [0.2, 0.25) is 0 Å². The Morgan fingerprint density at radius 2 is 1.62 bits per heavy atom. The molecule has 4 rings (SSSR count). The maximum absolute atomic E-state index is 12.5. The molecule has 1 aliphatic rings. The summed E-state index contributed by atoms with van der Waals surface area (Å²) in [6.45, 7) is 0. The second-order valence-electron chi connectivity index (χ2n) is 5.76. The van der Waals surface area contributed by atoms with E-state index in [0.717, 1.165) is 18.4 Å². The lowest BCUT2D eigenvalue weighted by Gasteiger charge is -2.11. The average molecular weight is 272 g/mol. The number of benzene rings is 3. The highest BCUT2D eigenvalue weighted by atomic mass is 16.1. The number of rotatable bonds is 2. The van der Waals surface area contributed by atoms with Gasteiger partial charge in [0, 0.05) is 11.5 Å². The van der Waals surface area contributed by atoms with Gasteiger partial charge in [-0.25, -0.2) is 0 Å². The van der Waals surface area contributed by atoms with Gasteiger partial charge in [-0.05, 0) is 34.7 Å². The summed E-state index contributed by atoms with van der Waals surface area (Å²) in [5.41, 5.74) is 3.40. The smallest absolute Gasteiger partial charge is 0.166 e. The highest BCUT2D eigenvalue weighted by Gasteiger charge is 2.30. The summed E-state index contributed by atoms with van der Waals surface area (Å²) in [6, 6.07) is 22.8. The van der Waals surface area contributed by atoms with Gasteiger partial charge in [-0.2, -0.15) is 0 Å². The van der Waals surface area contributed by atoms with Gasteiger partial charge in [0.15, 0.2) is 5.78 Å². The minimum atomic E-state index is 0.0909. The van der Waals surface area contributed by atoms with Crippen molar-refractivity contribution in [2.45, 2.75) is 12.8 Å². The number of carbonyl (C=O) groups excluding carboxylic acids is 1. The lowest BCUT2D eigenvalue weighted by Crippen LogP contribution is -2.12. The van der Waals surface area contributed by atoms with E-state index in [1.807, 2.05) is 18.2 Å². The zero-order valence-electron chi connectivity index (χ0n) is 11.8. The SMILES string of the molecule is O=C1c2ccccc2CC1Cc1cccc2ccccc12. The van der Waals surface area contributed by atoms with Crippen LogP contribution in [0.25, 0.3) is 10.8 Å². The quantitative estimate of drug-likeness (QED) is 0.674. The van der Waals surface area contributed by atoms with Crippen molar-refractivity contribution in [3.8, 4) is 0 Å². The largest absolute Gasteiger partial charge is 0.294 e. The monoisotopic (exact) mass is 272 g/mol. The van der Waals surface area contributed by atoms with E-state index < -0.39 is 0 Å². The zero-order valence-corrected chi connectivity index (χ0v) is 11.8. The average Bonchev–Trinajstić information content (AvgIpc) is 2.85. The maximum Gasteiger partial charge on any atom is 0.166 e. The summed E-state index contributed by atoms with van der Waals surface area (Å²) >= 11 is 0. The highest BCUT2D eigenvalue weighted by molar-refractivity contribution is 6.02. The molecular weight excluding hydrogens is 256 g/mol. The third-order valence-electron chi connectivity index (χ3n) is 4.47. The molecule has 21 heavy (non-hydrogen) atoms. The molecule has 0 radical (unpaired) electrons. The summed E-state index contributed by atoms with van der Waals surface area (Å²) in [5, 5.41) is 2.52. The molecular formula is C20H16O. The van der Waals surface area contributed by atoms with Crippen LogP contribution in [0.1, 0.15) is 21.5 Å². The van der Waals surface area contributed by atoms with Crippen LogP contribution in [0.5, 0.6) is 0 Å². The van der Waals surface area contributed by atoms with Crippen LogP contribution < -0.4 is 0 Å². The number of hydrogen-bond donors (Lipinski definition) is 0. The molecule has 0 aliphatic heterocycles. The Balaban J connectivity index is 1.70. The van der Waals surface area contributed by atoms with Crippen molar-refractivity contribution in [2.24, 2.45) is 5.92 Å². The van der Waals surface area contributed by atoms with E-state index in [2.05, 4.69) is 48.5 Å². The molecule has 1 nitrogen and oxygen atoms in total. The van der Waals surface area contributed by atoms with Gasteiger partial charge in [0.25, 0.3) is 0 Å². The normalized spacial score (nSPS) is 17.1. The van der Waals surface area contributed by atoms with Crippen molar-refractivity contribution >= 4 is 16.6 Å². The lowest BCUT2D eigenvalue weighted by atomic mass is 9.92. The number of fused-ring (bicyclic) bond motifs is 2. The second kappa shape index (κ2) is 4.85. The molecule has 0 saturated heterocycles. The van der Waals surface area contributed by atoms with E-state index in [1.54, 1.807) is 0 Å². The molecule has 1 aliphatic carbocycles. The molecule has 1 atom stereocenters. The van der Waals surface area contributed by atoms with Crippen LogP contribution in [0.4, 0.5) is 0 Å². The Morgan fingerprint density at radius 1 is 0.857 bits per heavy atom. The molecule has 0 N–H and O–H groups in total. The second-order valence-corrected chi connectivity index (χ2v) is 5.76. The van der Waals surface area contributed by atoms with E-state index in [0.29, 0.717) is 5.78 Å². The number of hydrogen-bond acceptors (Lipinski definition) is 1. The summed E-state index contributed by atoms with van der Waals surface area (Å²) < 4.78 is 0. The maximum atomic E-state index is 12.5. The fourth-order valence-electron chi connectivity index (χ4n) is 3.42. The van der Waals surface area contributed by atoms with E-state index in [9.17, 15) is 4.79 Å². The van der Waals surface area contributed by atoms with E-state index in [-0.39, 0.29) is 5.92 Å².